The Balaban J connectivity index is 4.00. The first-order valence-electron chi connectivity index (χ1n) is 5.53. The molecule has 0 heterocycles. The van der Waals surface area contributed by atoms with Gasteiger partial charge >= 0.3 is 0 Å². The Kier molecular flexibility index (Phi) is 7.29. The fourth-order valence-corrected chi connectivity index (χ4v) is 4.52. The van der Waals surface area contributed by atoms with E-state index in [1.807, 2.05) is 0 Å². The summed E-state index contributed by atoms with van der Waals surface area (Å²) in [5, 5.41) is 8.64. The summed E-state index contributed by atoms with van der Waals surface area (Å²) < 4.78 is 0. The molecular weight excluding hydrogens is 176 g/mol. The van der Waals surface area contributed by atoms with E-state index in [4.69, 9.17) is 5.11 Å². The molecule has 0 aliphatic rings. The third-order valence-electron chi connectivity index (χ3n) is 3.11. The van der Waals surface area contributed by atoms with Crippen molar-refractivity contribution < 1.29 is 5.11 Å². The van der Waals surface area contributed by atoms with Crippen LogP contribution in [-0.4, -0.2) is 19.8 Å². The van der Waals surface area contributed by atoms with E-state index in [0.29, 0.717) is 6.61 Å². The zero-order chi connectivity index (χ0) is 10.2. The van der Waals surface area contributed by atoms with Crippen molar-refractivity contribution in [2.75, 3.05) is 6.61 Å². The highest BCUT2D eigenvalue weighted by atomic mass is 28.3. The van der Waals surface area contributed by atoms with Crippen LogP contribution in [-0.2, 0) is 0 Å². The zero-order valence-electron chi connectivity index (χ0n) is 9.34. The Morgan fingerprint density at radius 1 is 1.08 bits per heavy atom. The van der Waals surface area contributed by atoms with Crippen molar-refractivity contribution in [2.45, 2.75) is 51.7 Å². The van der Waals surface area contributed by atoms with Gasteiger partial charge in [0.2, 0.25) is 0 Å². The third-order valence-corrected chi connectivity index (χ3v) is 8.28. The molecule has 0 aromatic heterocycles. The smallest absolute Gasteiger partial charge is 0.0766 e. The molecule has 0 aliphatic heterocycles. The molecular formula is C11H24OSi. The molecule has 0 spiro atoms. The van der Waals surface area contributed by atoms with Crippen molar-refractivity contribution >= 4 is 8.07 Å². The first kappa shape index (κ1) is 12.9. The predicted octanol–water partition coefficient (Wildman–Crippen LogP) is 3.36. The summed E-state index contributed by atoms with van der Waals surface area (Å²) in [5.74, 6) is 0. The molecule has 0 saturated carbocycles. The summed E-state index contributed by atoms with van der Waals surface area (Å²) in [6.45, 7) is 7.27. The normalized spacial score (nSPS) is 12.6. The van der Waals surface area contributed by atoms with E-state index in [9.17, 15) is 0 Å². The molecule has 0 saturated heterocycles. The van der Waals surface area contributed by atoms with Crippen molar-refractivity contribution in [3.63, 3.8) is 0 Å². The second-order valence-electron chi connectivity index (χ2n) is 3.69. The molecule has 0 amide bonds. The molecule has 0 rings (SSSR count). The van der Waals surface area contributed by atoms with Crippen LogP contribution < -0.4 is 0 Å². The summed E-state index contributed by atoms with van der Waals surface area (Å²) in [5.41, 5.74) is 2.49. The largest absolute Gasteiger partial charge is 0.396 e. The average molecular weight is 200 g/mol. The fraction of sp³-hybridized carbons (Fsp3) is 0.818. The molecule has 0 bridgehead atoms. The number of aliphatic hydroxyl groups excluding tert-OH is 1. The molecule has 1 nitrogen and oxygen atoms in total. The van der Waals surface area contributed by atoms with E-state index in [2.05, 4.69) is 32.5 Å². The zero-order valence-corrected chi connectivity index (χ0v) is 10.3. The monoisotopic (exact) mass is 200 g/mol. The molecule has 0 atom stereocenters. The maximum absolute atomic E-state index is 8.64. The van der Waals surface area contributed by atoms with E-state index in [-0.39, 0.29) is 0 Å². The van der Waals surface area contributed by atoms with Crippen molar-refractivity contribution in [1.29, 1.82) is 0 Å². The molecule has 0 aromatic carbocycles. The predicted molar refractivity (Wildman–Crippen MR) is 62.7 cm³/mol. The van der Waals surface area contributed by atoms with Crippen LogP contribution in [0.5, 0.6) is 0 Å². The molecule has 0 unspecified atom stereocenters. The van der Waals surface area contributed by atoms with Crippen LogP contribution >= 0.6 is 0 Å². The second kappa shape index (κ2) is 7.33. The standard InChI is InChI=1S/C11H24OSi/c1-4-13(5-2,6-3)11-9-7-8-10-12/h9,11-12H,4-8,10H2,1-3H3/b11-9+. The molecule has 13 heavy (non-hydrogen) atoms. The molecule has 0 radical (unpaired) electrons. The highest BCUT2D eigenvalue weighted by Crippen LogP contribution is 2.21. The fourth-order valence-electron chi connectivity index (χ4n) is 1.65. The highest BCUT2D eigenvalue weighted by Gasteiger charge is 2.22. The first-order chi connectivity index (χ1) is 6.24. The quantitative estimate of drug-likeness (QED) is 0.493. The molecule has 2 heteroatoms. The van der Waals surface area contributed by atoms with Crippen molar-refractivity contribution in [2.24, 2.45) is 0 Å². The molecule has 1 N–H and O–H groups in total. The lowest BCUT2D eigenvalue weighted by Gasteiger charge is -2.23. The number of rotatable bonds is 7. The lowest BCUT2D eigenvalue weighted by atomic mass is 10.3. The number of allylic oxidation sites excluding steroid dienone is 1. The van der Waals surface area contributed by atoms with Crippen LogP contribution in [0, 0.1) is 0 Å². The van der Waals surface area contributed by atoms with Crippen LogP contribution in [0.1, 0.15) is 33.6 Å². The van der Waals surface area contributed by atoms with Gasteiger partial charge in [0.05, 0.1) is 8.07 Å². The molecule has 0 aliphatic carbocycles. The molecule has 0 aromatic rings. The maximum Gasteiger partial charge on any atom is 0.0766 e. The Labute approximate surface area is 83.9 Å². The second-order valence-corrected chi connectivity index (χ2v) is 8.87. The SMILES string of the molecule is CC[Si](/C=C/CCCO)(CC)CC. The Morgan fingerprint density at radius 2 is 1.62 bits per heavy atom. The van der Waals surface area contributed by atoms with Gasteiger partial charge in [-0.3, -0.25) is 0 Å². The van der Waals surface area contributed by atoms with Crippen LogP contribution in [0.2, 0.25) is 18.1 Å². The van der Waals surface area contributed by atoms with E-state index in [0.717, 1.165) is 12.8 Å². The minimum Gasteiger partial charge on any atom is -0.396 e. The van der Waals surface area contributed by atoms with Crippen molar-refractivity contribution in [3.05, 3.63) is 11.8 Å². The third kappa shape index (κ3) is 4.63. The van der Waals surface area contributed by atoms with Crippen molar-refractivity contribution in [3.8, 4) is 0 Å². The van der Waals surface area contributed by atoms with Gasteiger partial charge in [0.25, 0.3) is 0 Å². The number of hydrogen-bond acceptors (Lipinski definition) is 1. The van der Waals surface area contributed by atoms with Crippen LogP contribution in [0.15, 0.2) is 11.8 Å². The van der Waals surface area contributed by atoms with Gasteiger partial charge in [0.1, 0.15) is 0 Å². The van der Waals surface area contributed by atoms with Gasteiger partial charge in [-0.1, -0.05) is 50.7 Å². The minimum absolute atomic E-state index is 0.323. The Morgan fingerprint density at radius 3 is 2.00 bits per heavy atom. The summed E-state index contributed by atoms with van der Waals surface area (Å²) in [6, 6.07) is 4.07. The summed E-state index contributed by atoms with van der Waals surface area (Å²) in [4.78, 5) is 0. The van der Waals surface area contributed by atoms with Gasteiger partial charge in [-0.2, -0.15) is 0 Å². The average Bonchev–Trinajstić information content (AvgIpc) is 2.20. The first-order valence-corrected chi connectivity index (χ1v) is 8.23. The van der Waals surface area contributed by atoms with E-state index >= 15 is 0 Å². The summed E-state index contributed by atoms with van der Waals surface area (Å²) in [7, 11) is -1.03. The van der Waals surface area contributed by atoms with Crippen LogP contribution in [0.4, 0.5) is 0 Å². The van der Waals surface area contributed by atoms with Gasteiger partial charge in [0, 0.05) is 6.61 Å². The highest BCUT2D eigenvalue weighted by molar-refractivity contribution is 6.84. The number of aliphatic hydroxyl groups is 1. The lowest BCUT2D eigenvalue weighted by Crippen LogP contribution is -2.28. The Hall–Kier alpha value is -0.0831. The van der Waals surface area contributed by atoms with E-state index in [1.165, 1.54) is 18.1 Å². The van der Waals surface area contributed by atoms with Gasteiger partial charge < -0.3 is 5.11 Å². The van der Waals surface area contributed by atoms with Crippen LogP contribution in [0.3, 0.4) is 0 Å². The summed E-state index contributed by atoms with van der Waals surface area (Å²) in [6.07, 6.45) is 4.25. The van der Waals surface area contributed by atoms with E-state index in [1.54, 1.807) is 0 Å². The summed E-state index contributed by atoms with van der Waals surface area (Å²) >= 11 is 0. The maximum atomic E-state index is 8.64. The number of unbranched alkanes of at least 4 members (excludes halogenated alkanes) is 1. The molecule has 78 valence electrons. The van der Waals surface area contributed by atoms with Crippen LogP contribution in [0.25, 0.3) is 0 Å². The number of hydrogen-bond donors (Lipinski definition) is 1. The Bertz CT molecular complexity index is 131. The van der Waals surface area contributed by atoms with Crippen molar-refractivity contribution in [1.82, 2.24) is 0 Å². The molecule has 0 fully saturated rings. The van der Waals surface area contributed by atoms with Gasteiger partial charge in [0.15, 0.2) is 0 Å². The lowest BCUT2D eigenvalue weighted by molar-refractivity contribution is 0.289. The topological polar surface area (TPSA) is 20.2 Å². The van der Waals surface area contributed by atoms with Gasteiger partial charge in [-0.15, -0.1) is 0 Å². The van der Waals surface area contributed by atoms with Gasteiger partial charge in [-0.25, -0.2) is 0 Å². The minimum atomic E-state index is -1.03. The van der Waals surface area contributed by atoms with E-state index < -0.39 is 8.07 Å². The van der Waals surface area contributed by atoms with Gasteiger partial charge in [-0.05, 0) is 12.8 Å².